The van der Waals surface area contributed by atoms with E-state index in [0.29, 0.717) is 42.2 Å². The summed E-state index contributed by atoms with van der Waals surface area (Å²) in [6, 6.07) is 3.07. The number of aromatic nitrogens is 3. The number of anilines is 1. The maximum absolute atomic E-state index is 13.2. The highest BCUT2D eigenvalue weighted by atomic mass is 19.4. The van der Waals surface area contributed by atoms with Crippen molar-refractivity contribution in [3.8, 4) is 11.3 Å². The van der Waals surface area contributed by atoms with Crippen LogP contribution in [0.2, 0.25) is 0 Å². The zero-order valence-corrected chi connectivity index (χ0v) is 16.9. The smallest absolute Gasteiger partial charge is 0.383 e. The van der Waals surface area contributed by atoms with Crippen LogP contribution in [0.15, 0.2) is 18.3 Å². The monoisotopic (exact) mass is 422 g/mol. The van der Waals surface area contributed by atoms with E-state index in [4.69, 9.17) is 15.2 Å². The summed E-state index contributed by atoms with van der Waals surface area (Å²) >= 11 is 0. The van der Waals surface area contributed by atoms with Crippen LogP contribution >= 0.6 is 0 Å². The van der Waals surface area contributed by atoms with E-state index >= 15 is 0 Å². The SMILES string of the molecule is CC(C)n1nc(-c2cnc(N)c(C(F)(F)F)c2)cc1[C@H]1[C@@H]2C[C@@H](OC3COC3)C[C@@H]21. The Labute approximate surface area is 172 Å². The molecule has 2 saturated carbocycles. The number of hydrogen-bond donors (Lipinski definition) is 1. The maximum atomic E-state index is 13.2. The molecule has 4 atom stereocenters. The molecule has 2 aromatic rings. The lowest BCUT2D eigenvalue weighted by Gasteiger charge is -2.30. The second-order valence-corrected chi connectivity index (χ2v) is 8.89. The maximum Gasteiger partial charge on any atom is 0.419 e. The largest absolute Gasteiger partial charge is 0.419 e. The third-order valence-corrected chi connectivity index (χ3v) is 6.51. The summed E-state index contributed by atoms with van der Waals surface area (Å²) < 4.78 is 52.9. The second-order valence-electron chi connectivity index (χ2n) is 8.89. The predicted octanol–water partition coefficient (Wildman–Crippen LogP) is 4.03. The van der Waals surface area contributed by atoms with Gasteiger partial charge in [0.25, 0.3) is 0 Å². The van der Waals surface area contributed by atoms with Crippen molar-refractivity contribution in [2.45, 2.75) is 57.0 Å². The Morgan fingerprint density at radius 2 is 1.87 bits per heavy atom. The number of alkyl halides is 3. The number of nitrogens with zero attached hydrogens (tertiary/aromatic N) is 3. The summed E-state index contributed by atoms with van der Waals surface area (Å²) in [6.45, 7) is 5.44. The van der Waals surface area contributed by atoms with E-state index in [0.717, 1.165) is 24.6 Å². The quantitative estimate of drug-likeness (QED) is 0.787. The Morgan fingerprint density at radius 3 is 2.43 bits per heavy atom. The molecular weight excluding hydrogens is 397 g/mol. The number of ether oxygens (including phenoxy) is 2. The molecule has 1 saturated heterocycles. The van der Waals surface area contributed by atoms with Gasteiger partial charge in [-0.05, 0) is 50.7 Å². The third kappa shape index (κ3) is 3.37. The average molecular weight is 422 g/mol. The molecule has 1 aliphatic heterocycles. The summed E-state index contributed by atoms with van der Waals surface area (Å²) in [5, 5.41) is 4.63. The minimum absolute atomic E-state index is 0.109. The van der Waals surface area contributed by atoms with Gasteiger partial charge in [0.15, 0.2) is 0 Å². The molecule has 0 radical (unpaired) electrons. The molecule has 3 fully saturated rings. The summed E-state index contributed by atoms with van der Waals surface area (Å²) in [5.41, 5.74) is 6.43. The highest BCUT2D eigenvalue weighted by Crippen LogP contribution is 2.64. The van der Waals surface area contributed by atoms with E-state index < -0.39 is 17.6 Å². The van der Waals surface area contributed by atoms with Crippen molar-refractivity contribution >= 4 is 5.82 Å². The van der Waals surface area contributed by atoms with Crippen LogP contribution in [0.4, 0.5) is 19.0 Å². The summed E-state index contributed by atoms with van der Waals surface area (Å²) in [6.07, 6.45) is -0.627. The van der Waals surface area contributed by atoms with Crippen LogP contribution in [0.3, 0.4) is 0 Å². The fraction of sp³-hybridized carbons (Fsp3) is 0.619. The van der Waals surface area contributed by atoms with Crippen molar-refractivity contribution in [2.24, 2.45) is 11.8 Å². The number of nitrogens with two attached hydrogens (primary N) is 1. The van der Waals surface area contributed by atoms with Crippen LogP contribution in [0.5, 0.6) is 0 Å². The zero-order chi connectivity index (χ0) is 21.2. The van der Waals surface area contributed by atoms with Gasteiger partial charge in [-0.3, -0.25) is 4.68 Å². The first-order valence-corrected chi connectivity index (χ1v) is 10.4. The molecule has 2 N–H and O–H groups in total. The number of rotatable bonds is 5. The number of pyridine rings is 1. The summed E-state index contributed by atoms with van der Waals surface area (Å²) in [5.74, 6) is 0.964. The molecule has 3 heterocycles. The van der Waals surface area contributed by atoms with Gasteiger partial charge >= 0.3 is 6.18 Å². The Balaban J connectivity index is 1.38. The number of fused-ring (bicyclic) bond motifs is 1. The molecule has 6 nitrogen and oxygen atoms in total. The Kier molecular flexibility index (Phi) is 4.59. The second kappa shape index (κ2) is 6.95. The van der Waals surface area contributed by atoms with E-state index in [1.165, 1.54) is 6.20 Å². The fourth-order valence-corrected chi connectivity index (χ4v) is 4.96. The van der Waals surface area contributed by atoms with Crippen molar-refractivity contribution < 1.29 is 22.6 Å². The molecule has 0 spiro atoms. The molecule has 5 rings (SSSR count). The first-order valence-electron chi connectivity index (χ1n) is 10.4. The summed E-state index contributed by atoms with van der Waals surface area (Å²) in [4.78, 5) is 3.76. The van der Waals surface area contributed by atoms with Crippen LogP contribution in [0.1, 0.15) is 49.9 Å². The molecule has 3 aliphatic rings. The van der Waals surface area contributed by atoms with Crippen LogP contribution in [-0.2, 0) is 15.7 Å². The van der Waals surface area contributed by atoms with E-state index in [2.05, 4.69) is 10.1 Å². The highest BCUT2D eigenvalue weighted by molar-refractivity contribution is 5.63. The molecular formula is C21H25F3N4O2. The highest BCUT2D eigenvalue weighted by Gasteiger charge is 2.58. The lowest BCUT2D eigenvalue weighted by atomic mass is 10.0. The van der Waals surface area contributed by atoms with Gasteiger partial charge in [0.2, 0.25) is 0 Å². The molecule has 0 unspecified atom stereocenters. The Hall–Kier alpha value is -2.13. The van der Waals surface area contributed by atoms with E-state index in [1.807, 2.05) is 24.6 Å². The van der Waals surface area contributed by atoms with Gasteiger partial charge in [-0.1, -0.05) is 0 Å². The molecule has 9 heteroatoms. The van der Waals surface area contributed by atoms with Crippen molar-refractivity contribution in [3.63, 3.8) is 0 Å². The van der Waals surface area contributed by atoms with Gasteiger partial charge < -0.3 is 15.2 Å². The molecule has 0 aromatic carbocycles. The normalized spacial score (nSPS) is 28.6. The van der Waals surface area contributed by atoms with Crippen molar-refractivity contribution in [1.29, 1.82) is 0 Å². The Bertz CT molecular complexity index is 942. The summed E-state index contributed by atoms with van der Waals surface area (Å²) in [7, 11) is 0. The van der Waals surface area contributed by atoms with Gasteiger partial charge in [0.1, 0.15) is 11.9 Å². The van der Waals surface area contributed by atoms with Crippen LogP contribution < -0.4 is 5.73 Å². The van der Waals surface area contributed by atoms with Crippen LogP contribution in [-0.4, -0.2) is 40.2 Å². The van der Waals surface area contributed by atoms with Gasteiger partial charge in [-0.15, -0.1) is 0 Å². The van der Waals surface area contributed by atoms with E-state index in [1.54, 1.807) is 0 Å². The van der Waals surface area contributed by atoms with Crippen molar-refractivity contribution in [3.05, 3.63) is 29.6 Å². The van der Waals surface area contributed by atoms with Gasteiger partial charge in [-0.25, -0.2) is 4.98 Å². The van der Waals surface area contributed by atoms with Crippen LogP contribution in [0.25, 0.3) is 11.3 Å². The first kappa shape index (κ1) is 19.8. The van der Waals surface area contributed by atoms with Crippen LogP contribution in [0, 0.1) is 11.8 Å². The lowest BCUT2D eigenvalue weighted by Crippen LogP contribution is -2.38. The Morgan fingerprint density at radius 1 is 1.17 bits per heavy atom. The standard InChI is InChI=1S/C21H25F3N4O2/c1-10(2)28-18(19-14-4-12(5-15(14)19)30-13-8-29-9-13)6-17(27-28)11-3-16(21(22,23)24)20(25)26-7-11/h3,6-7,10,12-15,19H,4-5,8-9H2,1-2H3,(H2,25,26)/t12-,14-,15+,19+. The van der Waals surface area contributed by atoms with E-state index in [-0.39, 0.29) is 18.2 Å². The first-order chi connectivity index (χ1) is 14.2. The van der Waals surface area contributed by atoms with Crippen molar-refractivity contribution in [2.75, 3.05) is 18.9 Å². The molecule has 162 valence electrons. The van der Waals surface area contributed by atoms with Gasteiger partial charge in [-0.2, -0.15) is 18.3 Å². The molecule has 2 aromatic heterocycles. The predicted molar refractivity (Wildman–Crippen MR) is 104 cm³/mol. The van der Waals surface area contributed by atoms with Gasteiger partial charge in [0.05, 0.1) is 30.6 Å². The number of nitrogen functional groups attached to an aromatic ring is 1. The number of hydrogen-bond acceptors (Lipinski definition) is 5. The number of halogens is 3. The topological polar surface area (TPSA) is 75.2 Å². The minimum Gasteiger partial charge on any atom is -0.383 e. The average Bonchev–Trinajstić information content (AvgIpc) is 3.00. The van der Waals surface area contributed by atoms with Gasteiger partial charge in [0, 0.05) is 29.4 Å². The molecule has 2 aliphatic carbocycles. The molecule has 30 heavy (non-hydrogen) atoms. The minimum atomic E-state index is -4.55. The fourth-order valence-electron chi connectivity index (χ4n) is 4.96. The third-order valence-electron chi connectivity index (χ3n) is 6.51. The van der Waals surface area contributed by atoms with E-state index in [9.17, 15) is 13.2 Å². The molecule has 0 bridgehead atoms. The molecule has 0 amide bonds. The zero-order valence-electron chi connectivity index (χ0n) is 16.9. The lowest BCUT2D eigenvalue weighted by molar-refractivity contribution is -0.154. The van der Waals surface area contributed by atoms with Crippen molar-refractivity contribution in [1.82, 2.24) is 14.8 Å².